The molecule has 0 bridgehead atoms. The maximum atomic E-state index is 10.7. The van der Waals surface area contributed by atoms with Gasteiger partial charge in [0.1, 0.15) is 0 Å². The molecule has 4 heteroatoms. The van der Waals surface area contributed by atoms with Gasteiger partial charge in [0.05, 0.1) is 11.6 Å². The average Bonchev–Trinajstić information content (AvgIpc) is 2.34. The highest BCUT2D eigenvalue weighted by molar-refractivity contribution is 5.80. The van der Waals surface area contributed by atoms with Gasteiger partial charge in [-0.15, -0.1) is 0 Å². The molecule has 60 valence electrons. The van der Waals surface area contributed by atoms with Crippen molar-refractivity contribution < 1.29 is 4.79 Å². The minimum Gasteiger partial charge on any atom is -0.369 e. The summed E-state index contributed by atoms with van der Waals surface area (Å²) in [6.07, 6.45) is 1.79. The molecule has 0 saturated heterocycles. The zero-order chi connectivity index (χ0) is 8.43. The fourth-order valence-electron chi connectivity index (χ4n) is 0.810. The topological polar surface area (TPSA) is 60.9 Å². The van der Waals surface area contributed by atoms with Crippen LogP contribution in [0.4, 0.5) is 0 Å². The smallest absolute Gasteiger partial charge is 0.226 e. The van der Waals surface area contributed by atoms with Crippen molar-refractivity contribution in [3.8, 4) is 0 Å². The van der Waals surface area contributed by atoms with Crippen LogP contribution in [0.3, 0.4) is 0 Å². The summed E-state index contributed by atoms with van der Waals surface area (Å²) < 4.78 is 1.65. The summed E-state index contributed by atoms with van der Waals surface area (Å²) in [7, 11) is 1.80. The van der Waals surface area contributed by atoms with Gasteiger partial charge in [-0.25, -0.2) is 0 Å². The predicted octanol–water partition coefficient (Wildman–Crippen LogP) is 0.00890. The zero-order valence-corrected chi connectivity index (χ0v) is 6.61. The van der Waals surface area contributed by atoms with E-state index >= 15 is 0 Å². The molecule has 0 aliphatic rings. The van der Waals surface area contributed by atoms with Gasteiger partial charge in [-0.1, -0.05) is 0 Å². The first-order chi connectivity index (χ1) is 5.11. The first-order valence-electron chi connectivity index (χ1n) is 3.40. The van der Waals surface area contributed by atoms with E-state index in [9.17, 15) is 4.79 Å². The third kappa shape index (κ3) is 1.58. The molecule has 0 aliphatic carbocycles. The van der Waals surface area contributed by atoms with Crippen molar-refractivity contribution in [2.24, 2.45) is 12.8 Å². The summed E-state index contributed by atoms with van der Waals surface area (Å²) in [5.74, 6) is -0.639. The average molecular weight is 153 g/mol. The number of hydrogen-bond acceptors (Lipinski definition) is 2. The first-order valence-corrected chi connectivity index (χ1v) is 3.40. The van der Waals surface area contributed by atoms with Crippen molar-refractivity contribution in [1.82, 2.24) is 9.78 Å². The molecular weight excluding hydrogens is 142 g/mol. The van der Waals surface area contributed by atoms with Crippen molar-refractivity contribution in [2.75, 3.05) is 0 Å². The lowest BCUT2D eigenvalue weighted by Crippen LogP contribution is -2.19. The molecular formula is C7H11N3O. The van der Waals surface area contributed by atoms with Gasteiger partial charge in [0.25, 0.3) is 0 Å². The number of hydrogen-bond donors (Lipinski definition) is 1. The molecule has 1 aromatic rings. The van der Waals surface area contributed by atoms with Gasteiger partial charge in [0.2, 0.25) is 5.91 Å². The van der Waals surface area contributed by atoms with Gasteiger partial charge >= 0.3 is 0 Å². The highest BCUT2D eigenvalue weighted by Gasteiger charge is 2.13. The highest BCUT2D eigenvalue weighted by atomic mass is 16.1. The Morgan fingerprint density at radius 2 is 2.45 bits per heavy atom. The third-order valence-electron chi connectivity index (χ3n) is 1.60. The standard InChI is InChI=1S/C7H11N3O/c1-5(7(8)11)6-3-4-10(2)9-6/h3-5H,1-2H3,(H2,8,11). The minimum atomic E-state index is -0.344. The van der Waals surface area contributed by atoms with E-state index in [4.69, 9.17) is 5.73 Å². The molecule has 0 radical (unpaired) electrons. The first kappa shape index (κ1) is 7.78. The largest absolute Gasteiger partial charge is 0.369 e. The molecule has 1 amide bonds. The van der Waals surface area contributed by atoms with E-state index in [1.165, 1.54) is 0 Å². The Morgan fingerprint density at radius 3 is 2.82 bits per heavy atom. The Balaban J connectivity index is 2.84. The number of amides is 1. The molecule has 1 aromatic heterocycles. The maximum absolute atomic E-state index is 10.7. The summed E-state index contributed by atoms with van der Waals surface area (Å²) in [6.45, 7) is 1.74. The fraction of sp³-hybridized carbons (Fsp3) is 0.429. The maximum Gasteiger partial charge on any atom is 0.226 e. The molecule has 1 rings (SSSR count). The highest BCUT2D eigenvalue weighted by Crippen LogP contribution is 2.10. The van der Waals surface area contributed by atoms with Crippen LogP contribution in [-0.2, 0) is 11.8 Å². The minimum absolute atomic E-state index is 0.295. The number of carbonyl (C=O) groups excluding carboxylic acids is 1. The molecule has 0 fully saturated rings. The van der Waals surface area contributed by atoms with Crippen LogP contribution in [0.15, 0.2) is 12.3 Å². The molecule has 1 atom stereocenters. The van der Waals surface area contributed by atoms with E-state index in [-0.39, 0.29) is 11.8 Å². The van der Waals surface area contributed by atoms with Crippen LogP contribution in [0.2, 0.25) is 0 Å². The zero-order valence-electron chi connectivity index (χ0n) is 6.61. The van der Waals surface area contributed by atoms with Crippen LogP contribution < -0.4 is 5.73 Å². The van der Waals surface area contributed by atoms with E-state index in [2.05, 4.69) is 5.10 Å². The number of nitrogens with two attached hydrogens (primary N) is 1. The molecule has 1 unspecified atom stereocenters. The van der Waals surface area contributed by atoms with Gasteiger partial charge in [-0.3, -0.25) is 9.48 Å². The van der Waals surface area contributed by atoms with Crippen LogP contribution in [0.1, 0.15) is 18.5 Å². The van der Waals surface area contributed by atoms with Crippen LogP contribution in [0.25, 0.3) is 0 Å². The Bertz CT molecular complexity index is 266. The number of carbonyl (C=O) groups is 1. The van der Waals surface area contributed by atoms with Crippen molar-refractivity contribution in [1.29, 1.82) is 0 Å². The van der Waals surface area contributed by atoms with Gasteiger partial charge in [-0.2, -0.15) is 5.10 Å². The molecule has 0 spiro atoms. The van der Waals surface area contributed by atoms with Crippen LogP contribution in [-0.4, -0.2) is 15.7 Å². The second kappa shape index (κ2) is 2.74. The Hall–Kier alpha value is -1.32. The van der Waals surface area contributed by atoms with E-state index in [1.807, 2.05) is 0 Å². The van der Waals surface area contributed by atoms with Gasteiger partial charge in [0.15, 0.2) is 0 Å². The van der Waals surface area contributed by atoms with Crippen molar-refractivity contribution >= 4 is 5.91 Å². The lowest BCUT2D eigenvalue weighted by atomic mass is 10.1. The monoisotopic (exact) mass is 153 g/mol. The van der Waals surface area contributed by atoms with Gasteiger partial charge in [-0.05, 0) is 13.0 Å². The summed E-state index contributed by atoms with van der Waals surface area (Å²) in [6, 6.07) is 1.79. The predicted molar refractivity (Wildman–Crippen MR) is 40.8 cm³/mol. The van der Waals surface area contributed by atoms with Crippen molar-refractivity contribution in [2.45, 2.75) is 12.8 Å². The molecule has 11 heavy (non-hydrogen) atoms. The van der Waals surface area contributed by atoms with Crippen molar-refractivity contribution in [3.63, 3.8) is 0 Å². The second-order valence-electron chi connectivity index (χ2n) is 2.54. The van der Waals surface area contributed by atoms with Crippen LogP contribution in [0, 0.1) is 0 Å². The third-order valence-corrected chi connectivity index (χ3v) is 1.60. The summed E-state index contributed by atoms with van der Waals surface area (Å²) >= 11 is 0. The van der Waals surface area contributed by atoms with Crippen molar-refractivity contribution in [3.05, 3.63) is 18.0 Å². The Labute approximate surface area is 65.0 Å². The second-order valence-corrected chi connectivity index (χ2v) is 2.54. The van der Waals surface area contributed by atoms with Crippen LogP contribution >= 0.6 is 0 Å². The lowest BCUT2D eigenvalue weighted by molar-refractivity contribution is -0.119. The normalized spacial score (nSPS) is 12.9. The van der Waals surface area contributed by atoms with E-state index < -0.39 is 0 Å². The lowest BCUT2D eigenvalue weighted by Gasteiger charge is -2.00. The van der Waals surface area contributed by atoms with E-state index in [0.717, 1.165) is 5.69 Å². The molecule has 2 N–H and O–H groups in total. The number of primary amides is 1. The number of rotatable bonds is 2. The molecule has 0 aromatic carbocycles. The van der Waals surface area contributed by atoms with Crippen LogP contribution in [0.5, 0.6) is 0 Å². The van der Waals surface area contributed by atoms with E-state index in [1.54, 1.807) is 30.9 Å². The summed E-state index contributed by atoms with van der Waals surface area (Å²) in [5.41, 5.74) is 5.81. The summed E-state index contributed by atoms with van der Waals surface area (Å²) in [5, 5.41) is 4.05. The number of nitrogens with zero attached hydrogens (tertiary/aromatic N) is 2. The van der Waals surface area contributed by atoms with E-state index in [0.29, 0.717) is 0 Å². The van der Waals surface area contributed by atoms with Gasteiger partial charge < -0.3 is 5.73 Å². The molecule has 4 nitrogen and oxygen atoms in total. The Morgan fingerprint density at radius 1 is 1.82 bits per heavy atom. The fourth-order valence-corrected chi connectivity index (χ4v) is 0.810. The summed E-state index contributed by atoms with van der Waals surface area (Å²) in [4.78, 5) is 10.7. The Kier molecular flexibility index (Phi) is 1.94. The number of aryl methyl sites for hydroxylation is 1. The number of aromatic nitrogens is 2. The molecule has 0 saturated carbocycles. The van der Waals surface area contributed by atoms with Gasteiger partial charge in [0, 0.05) is 13.2 Å². The SMILES string of the molecule is CC(C(N)=O)c1ccn(C)n1. The quantitative estimate of drug-likeness (QED) is 0.650. The molecule has 0 aliphatic heterocycles. The molecule has 1 heterocycles.